The Kier molecular flexibility index (Phi) is 2.66. The SMILES string of the molecule is CC(=O)c1c(I)ccc(O)c1F. The van der Waals surface area contributed by atoms with E-state index in [1.807, 2.05) is 22.6 Å². The summed E-state index contributed by atoms with van der Waals surface area (Å²) in [6.45, 7) is 1.26. The Morgan fingerprint density at radius 2 is 2.17 bits per heavy atom. The minimum atomic E-state index is -0.839. The van der Waals surface area contributed by atoms with Crippen molar-refractivity contribution in [2.24, 2.45) is 0 Å². The second-order valence-corrected chi connectivity index (χ2v) is 3.47. The first-order chi connectivity index (χ1) is 5.54. The normalized spacial score (nSPS) is 9.92. The third kappa shape index (κ3) is 1.57. The molecule has 0 saturated heterocycles. The molecule has 0 heterocycles. The Bertz CT molecular complexity index is 336. The largest absolute Gasteiger partial charge is 0.505 e. The summed E-state index contributed by atoms with van der Waals surface area (Å²) >= 11 is 1.85. The van der Waals surface area contributed by atoms with Gasteiger partial charge < -0.3 is 5.11 Å². The van der Waals surface area contributed by atoms with Crippen molar-refractivity contribution in [1.29, 1.82) is 0 Å². The molecule has 0 spiro atoms. The number of halogens is 2. The highest BCUT2D eigenvalue weighted by molar-refractivity contribution is 14.1. The fourth-order valence-corrected chi connectivity index (χ4v) is 1.66. The van der Waals surface area contributed by atoms with Crippen LogP contribution in [-0.2, 0) is 0 Å². The number of benzene rings is 1. The maximum absolute atomic E-state index is 13.0. The van der Waals surface area contributed by atoms with E-state index in [4.69, 9.17) is 5.11 Å². The highest BCUT2D eigenvalue weighted by Gasteiger charge is 2.14. The lowest BCUT2D eigenvalue weighted by atomic mass is 10.1. The fourth-order valence-electron chi connectivity index (χ4n) is 0.864. The molecular formula is C8H6FIO2. The molecule has 0 saturated carbocycles. The molecular weight excluding hydrogens is 274 g/mol. The molecule has 4 heteroatoms. The lowest BCUT2D eigenvalue weighted by Gasteiger charge is -2.02. The molecule has 1 rings (SSSR count). The smallest absolute Gasteiger partial charge is 0.176 e. The van der Waals surface area contributed by atoms with Crippen molar-refractivity contribution in [3.8, 4) is 5.75 Å². The van der Waals surface area contributed by atoms with Crippen LogP contribution in [-0.4, -0.2) is 10.9 Å². The Morgan fingerprint density at radius 1 is 1.58 bits per heavy atom. The number of hydrogen-bond acceptors (Lipinski definition) is 2. The highest BCUT2D eigenvalue weighted by Crippen LogP contribution is 2.24. The third-order valence-corrected chi connectivity index (χ3v) is 2.32. The van der Waals surface area contributed by atoms with Gasteiger partial charge in [0.25, 0.3) is 0 Å². The third-order valence-electron chi connectivity index (χ3n) is 1.42. The van der Waals surface area contributed by atoms with Crippen LogP contribution in [0.15, 0.2) is 12.1 Å². The maximum Gasteiger partial charge on any atom is 0.176 e. The standard InChI is InChI=1S/C8H6FIO2/c1-4(11)7-5(10)2-3-6(12)8(7)9/h2-3,12H,1H3. The first-order valence-electron chi connectivity index (χ1n) is 3.22. The van der Waals surface area contributed by atoms with Crippen LogP contribution >= 0.6 is 22.6 Å². The first kappa shape index (κ1) is 9.44. The van der Waals surface area contributed by atoms with Crippen molar-refractivity contribution in [1.82, 2.24) is 0 Å². The molecule has 2 nitrogen and oxygen atoms in total. The second kappa shape index (κ2) is 3.38. The summed E-state index contributed by atoms with van der Waals surface area (Å²) in [4.78, 5) is 10.9. The molecule has 0 aliphatic carbocycles. The zero-order valence-corrected chi connectivity index (χ0v) is 8.42. The van der Waals surface area contributed by atoms with E-state index < -0.39 is 11.6 Å². The Labute approximate surface area is 82.5 Å². The molecule has 1 N–H and O–H groups in total. The van der Waals surface area contributed by atoms with Gasteiger partial charge in [-0.15, -0.1) is 0 Å². The van der Waals surface area contributed by atoms with Crippen molar-refractivity contribution >= 4 is 28.4 Å². The van der Waals surface area contributed by atoms with Gasteiger partial charge in [-0.05, 0) is 41.6 Å². The average Bonchev–Trinajstić information content (AvgIpc) is 1.97. The van der Waals surface area contributed by atoms with Gasteiger partial charge in [-0.2, -0.15) is 0 Å². The number of carbonyl (C=O) groups is 1. The van der Waals surface area contributed by atoms with E-state index >= 15 is 0 Å². The van der Waals surface area contributed by atoms with Gasteiger partial charge in [0.05, 0.1) is 5.56 Å². The van der Waals surface area contributed by atoms with Crippen molar-refractivity contribution in [3.05, 3.63) is 27.1 Å². The van der Waals surface area contributed by atoms with Crippen LogP contribution in [0.3, 0.4) is 0 Å². The summed E-state index contributed by atoms with van der Waals surface area (Å²) in [5.41, 5.74) is -0.0457. The number of phenols is 1. The predicted octanol–water partition coefficient (Wildman–Crippen LogP) is 2.34. The van der Waals surface area contributed by atoms with E-state index in [9.17, 15) is 9.18 Å². The molecule has 0 unspecified atom stereocenters. The summed E-state index contributed by atoms with van der Waals surface area (Å²) < 4.78 is 13.5. The van der Waals surface area contributed by atoms with Gasteiger partial charge in [-0.25, -0.2) is 4.39 Å². The van der Waals surface area contributed by atoms with E-state index in [2.05, 4.69) is 0 Å². The Balaban J connectivity index is 3.43. The minimum Gasteiger partial charge on any atom is -0.505 e. The quantitative estimate of drug-likeness (QED) is 0.633. The summed E-state index contributed by atoms with van der Waals surface area (Å²) in [6, 6.07) is 2.72. The molecule has 1 aromatic rings. The van der Waals surface area contributed by atoms with Crippen molar-refractivity contribution in [2.75, 3.05) is 0 Å². The van der Waals surface area contributed by atoms with Crippen molar-refractivity contribution in [3.63, 3.8) is 0 Å². The van der Waals surface area contributed by atoms with E-state index in [0.29, 0.717) is 3.57 Å². The van der Waals surface area contributed by atoms with Crippen LogP contribution in [0.1, 0.15) is 17.3 Å². The summed E-state index contributed by atoms with van der Waals surface area (Å²) in [5, 5.41) is 8.94. The van der Waals surface area contributed by atoms with E-state index in [-0.39, 0.29) is 11.3 Å². The molecule has 0 bridgehead atoms. The van der Waals surface area contributed by atoms with Gasteiger partial charge in [0.1, 0.15) is 0 Å². The molecule has 0 aliphatic rings. The Morgan fingerprint density at radius 3 is 2.58 bits per heavy atom. The number of aromatic hydroxyl groups is 1. The first-order valence-corrected chi connectivity index (χ1v) is 4.30. The van der Waals surface area contributed by atoms with Crippen LogP contribution < -0.4 is 0 Å². The van der Waals surface area contributed by atoms with Crippen LogP contribution in [0.5, 0.6) is 5.75 Å². The second-order valence-electron chi connectivity index (χ2n) is 2.31. The monoisotopic (exact) mass is 280 g/mol. The topological polar surface area (TPSA) is 37.3 Å². The number of rotatable bonds is 1. The minimum absolute atomic E-state index is 0.0457. The zero-order chi connectivity index (χ0) is 9.30. The molecule has 0 amide bonds. The van der Waals surface area contributed by atoms with Crippen LogP contribution in [0.2, 0.25) is 0 Å². The fraction of sp³-hybridized carbons (Fsp3) is 0.125. The summed E-state index contributed by atoms with van der Waals surface area (Å²) in [6.07, 6.45) is 0. The molecule has 0 atom stereocenters. The number of hydrogen-bond donors (Lipinski definition) is 1. The highest BCUT2D eigenvalue weighted by atomic mass is 127. The molecule has 0 fully saturated rings. The van der Waals surface area contributed by atoms with Gasteiger partial charge in [0.2, 0.25) is 0 Å². The Hall–Kier alpha value is -0.650. The maximum atomic E-state index is 13.0. The van der Waals surface area contributed by atoms with Gasteiger partial charge in [0, 0.05) is 3.57 Å². The summed E-state index contributed by atoms with van der Waals surface area (Å²) in [7, 11) is 0. The van der Waals surface area contributed by atoms with Crippen LogP contribution in [0, 0.1) is 9.39 Å². The average molecular weight is 280 g/mol. The molecule has 0 radical (unpaired) electrons. The number of phenolic OH excluding ortho intramolecular Hbond substituents is 1. The molecule has 0 aliphatic heterocycles. The number of carbonyl (C=O) groups excluding carboxylic acids is 1. The number of Topliss-reactive ketones (excluding diaryl/α,β-unsaturated/α-hetero) is 1. The van der Waals surface area contributed by atoms with Gasteiger partial charge in [0.15, 0.2) is 17.3 Å². The lowest BCUT2D eigenvalue weighted by molar-refractivity contribution is 0.101. The molecule has 64 valence electrons. The zero-order valence-electron chi connectivity index (χ0n) is 6.27. The van der Waals surface area contributed by atoms with E-state index in [1.54, 1.807) is 0 Å². The number of ketones is 1. The molecule has 12 heavy (non-hydrogen) atoms. The van der Waals surface area contributed by atoms with Crippen LogP contribution in [0.25, 0.3) is 0 Å². The summed E-state index contributed by atoms with van der Waals surface area (Å²) in [5.74, 6) is -1.71. The van der Waals surface area contributed by atoms with Gasteiger partial charge in [-0.1, -0.05) is 0 Å². The van der Waals surface area contributed by atoms with Crippen LogP contribution in [0.4, 0.5) is 4.39 Å². The van der Waals surface area contributed by atoms with Crippen molar-refractivity contribution < 1.29 is 14.3 Å². The van der Waals surface area contributed by atoms with Gasteiger partial charge in [-0.3, -0.25) is 4.79 Å². The van der Waals surface area contributed by atoms with Gasteiger partial charge >= 0.3 is 0 Å². The van der Waals surface area contributed by atoms with E-state index in [0.717, 1.165) is 0 Å². The molecule has 1 aromatic carbocycles. The van der Waals surface area contributed by atoms with Crippen molar-refractivity contribution in [2.45, 2.75) is 6.92 Å². The molecule has 0 aromatic heterocycles. The van der Waals surface area contributed by atoms with E-state index in [1.165, 1.54) is 19.1 Å². The lowest BCUT2D eigenvalue weighted by Crippen LogP contribution is -2.00. The predicted molar refractivity (Wildman–Crippen MR) is 50.8 cm³/mol.